The number of ether oxygens (including phenoxy) is 3. The maximum Gasteiger partial charge on any atom is 0.407 e. The molecule has 15 nitrogen and oxygen atoms in total. The summed E-state index contributed by atoms with van der Waals surface area (Å²) < 4.78 is 15.1. The van der Waals surface area contributed by atoms with E-state index >= 15 is 0 Å². The Hall–Kier alpha value is -5.96. The molecule has 0 bridgehead atoms. The van der Waals surface area contributed by atoms with Crippen molar-refractivity contribution in [3.63, 3.8) is 0 Å². The molecule has 0 unspecified atom stereocenters. The molecule has 3 fully saturated rings. The number of likely N-dealkylation sites (tertiary alicyclic amines) is 2. The fraction of sp³-hybridized carbons (Fsp3) is 0.467. The topological polar surface area (TPSA) is 184 Å². The molecule has 2 saturated heterocycles. The second kappa shape index (κ2) is 17.7. The van der Waals surface area contributed by atoms with Crippen LogP contribution in [0.4, 0.5) is 9.59 Å². The average Bonchev–Trinajstić information content (AvgIpc) is 4.13. The van der Waals surface area contributed by atoms with E-state index in [1.807, 2.05) is 11.0 Å². The van der Waals surface area contributed by atoms with Crippen molar-refractivity contribution in [3.05, 3.63) is 72.4 Å². The third kappa shape index (κ3) is 8.27. The third-order valence-corrected chi connectivity index (χ3v) is 12.7. The highest BCUT2D eigenvalue weighted by Gasteiger charge is 2.41. The second-order valence-corrected chi connectivity index (χ2v) is 16.3. The van der Waals surface area contributed by atoms with Crippen molar-refractivity contribution < 1.29 is 33.4 Å². The molecule has 0 spiro atoms. The van der Waals surface area contributed by atoms with Crippen LogP contribution in [-0.2, 0) is 23.8 Å². The molecular weight excluding hydrogens is 765 g/mol. The molecule has 5 aromatic rings. The fourth-order valence-electron chi connectivity index (χ4n) is 9.34. The summed E-state index contributed by atoms with van der Waals surface area (Å²) in [4.78, 5) is 72.5. The van der Waals surface area contributed by atoms with E-state index in [-0.39, 0.29) is 29.8 Å². The lowest BCUT2D eigenvalue weighted by Crippen LogP contribution is -2.54. The Morgan fingerprint density at radius 3 is 2.02 bits per heavy atom. The summed E-state index contributed by atoms with van der Waals surface area (Å²) >= 11 is 0. The summed E-state index contributed by atoms with van der Waals surface area (Å²) in [5, 5.41) is 7.66. The number of H-pyrrole nitrogens is 2. The van der Waals surface area contributed by atoms with Gasteiger partial charge in [0, 0.05) is 25.8 Å². The van der Waals surface area contributed by atoms with Crippen molar-refractivity contribution in [2.75, 3.05) is 34.4 Å². The normalized spacial score (nSPS) is 19.9. The molecule has 15 heteroatoms. The quantitative estimate of drug-likeness (QED) is 0.107. The molecule has 8 rings (SSSR count). The predicted molar refractivity (Wildman–Crippen MR) is 226 cm³/mol. The number of methoxy groups -OCH3 is 3. The number of aromatic amines is 2. The first-order valence-electron chi connectivity index (χ1n) is 21.1. The Morgan fingerprint density at radius 1 is 0.700 bits per heavy atom. The second-order valence-electron chi connectivity index (χ2n) is 16.3. The van der Waals surface area contributed by atoms with Crippen LogP contribution in [0, 0.1) is 5.92 Å². The number of benzene rings is 3. The molecule has 1 saturated carbocycles. The largest absolute Gasteiger partial charge is 0.453 e. The van der Waals surface area contributed by atoms with Gasteiger partial charge in [-0.25, -0.2) is 19.6 Å². The van der Waals surface area contributed by atoms with Crippen LogP contribution in [-0.4, -0.2) is 106 Å². The first kappa shape index (κ1) is 40.8. The van der Waals surface area contributed by atoms with Crippen LogP contribution in [0.15, 0.2) is 60.8 Å². The maximum absolute atomic E-state index is 14.1. The molecule has 0 radical (unpaired) electrons. The number of amides is 4. The monoisotopic (exact) mass is 818 g/mol. The third-order valence-electron chi connectivity index (χ3n) is 12.7. The van der Waals surface area contributed by atoms with Gasteiger partial charge in [0.1, 0.15) is 23.7 Å². The lowest BCUT2D eigenvalue weighted by molar-refractivity contribution is -0.138. The van der Waals surface area contributed by atoms with Crippen LogP contribution in [0.5, 0.6) is 0 Å². The van der Waals surface area contributed by atoms with E-state index in [1.165, 1.54) is 21.3 Å². The van der Waals surface area contributed by atoms with E-state index in [1.54, 1.807) is 18.0 Å². The maximum atomic E-state index is 14.1. The predicted octanol–water partition coefficient (Wildman–Crippen LogP) is 7.16. The van der Waals surface area contributed by atoms with E-state index in [4.69, 9.17) is 24.2 Å². The zero-order chi connectivity index (χ0) is 41.9. The van der Waals surface area contributed by atoms with Crippen LogP contribution in [0.2, 0.25) is 0 Å². The minimum atomic E-state index is -0.898. The highest BCUT2D eigenvalue weighted by atomic mass is 16.5. The summed E-state index contributed by atoms with van der Waals surface area (Å²) in [5.41, 5.74) is 5.65. The van der Waals surface area contributed by atoms with Crippen LogP contribution in [0.1, 0.15) is 88.4 Å². The van der Waals surface area contributed by atoms with Crippen LogP contribution in [0.3, 0.4) is 0 Å². The van der Waals surface area contributed by atoms with Gasteiger partial charge in [-0.3, -0.25) is 9.59 Å². The van der Waals surface area contributed by atoms with Crippen molar-refractivity contribution in [1.82, 2.24) is 40.4 Å². The molecule has 4 amide bonds. The number of carbonyl (C=O) groups is 4. The van der Waals surface area contributed by atoms with Gasteiger partial charge in [-0.2, -0.15) is 0 Å². The van der Waals surface area contributed by atoms with Gasteiger partial charge in [-0.1, -0.05) is 49.6 Å². The van der Waals surface area contributed by atoms with E-state index in [0.29, 0.717) is 18.9 Å². The number of imidazole rings is 2. The van der Waals surface area contributed by atoms with Crippen LogP contribution < -0.4 is 10.6 Å². The first-order chi connectivity index (χ1) is 29.1. The van der Waals surface area contributed by atoms with Crippen molar-refractivity contribution >= 4 is 45.8 Å². The Morgan fingerprint density at radius 2 is 1.32 bits per heavy atom. The van der Waals surface area contributed by atoms with Gasteiger partial charge >= 0.3 is 12.2 Å². The Bertz CT molecular complexity index is 2370. The summed E-state index contributed by atoms with van der Waals surface area (Å²) in [6.07, 6.45) is 8.28. The van der Waals surface area contributed by atoms with E-state index in [9.17, 15) is 19.2 Å². The van der Waals surface area contributed by atoms with Crippen molar-refractivity contribution in [2.24, 2.45) is 5.92 Å². The van der Waals surface area contributed by atoms with E-state index < -0.39 is 30.4 Å². The number of aromatic nitrogens is 4. The Labute approximate surface area is 348 Å². The van der Waals surface area contributed by atoms with Gasteiger partial charge in [-0.15, -0.1) is 0 Å². The first-order valence-corrected chi connectivity index (χ1v) is 21.1. The molecule has 316 valence electrons. The fourth-order valence-corrected chi connectivity index (χ4v) is 9.34. The molecular formula is C45H54N8O7. The minimum Gasteiger partial charge on any atom is -0.453 e. The molecule has 3 aliphatic rings. The SMILES string of the molecule is COC(=O)N[C@H](C(=O)N1CCC[C@H]1c1nc2ccc(-c3ccc4cc(-c5cnc([C@@H]6CCCN6C(=O)[C@@H](NC(=O)OC)[C@@H](C)OC)[nH]5)ccc4c3)cc2[nH]1)C1CCCCC1. The summed E-state index contributed by atoms with van der Waals surface area (Å²) in [5.74, 6) is 1.23. The Balaban J connectivity index is 0.978. The average molecular weight is 819 g/mol. The highest BCUT2D eigenvalue weighted by molar-refractivity contribution is 5.92. The van der Waals surface area contributed by atoms with E-state index in [0.717, 1.165) is 108 Å². The van der Waals surface area contributed by atoms with E-state index in [2.05, 4.69) is 69.1 Å². The van der Waals surface area contributed by atoms with Crippen molar-refractivity contribution in [3.8, 4) is 22.4 Å². The smallest absolute Gasteiger partial charge is 0.407 e. The lowest BCUT2D eigenvalue weighted by Gasteiger charge is -2.34. The summed E-state index contributed by atoms with van der Waals surface area (Å²) in [7, 11) is 4.10. The molecule has 2 aliphatic heterocycles. The van der Waals surface area contributed by atoms with Crippen LogP contribution in [0.25, 0.3) is 44.2 Å². The number of carbonyl (C=O) groups excluding carboxylic acids is 4. The number of nitrogens with zero attached hydrogens (tertiary/aromatic N) is 4. The number of nitrogens with one attached hydrogen (secondary N) is 4. The van der Waals surface area contributed by atoms with Gasteiger partial charge in [0.15, 0.2) is 0 Å². The number of hydrogen-bond acceptors (Lipinski definition) is 9. The van der Waals surface area contributed by atoms with Gasteiger partial charge in [-0.05, 0) is 97.5 Å². The highest BCUT2D eigenvalue weighted by Crippen LogP contribution is 2.37. The van der Waals surface area contributed by atoms with Crippen molar-refractivity contribution in [1.29, 1.82) is 0 Å². The van der Waals surface area contributed by atoms with Crippen LogP contribution >= 0.6 is 0 Å². The molecule has 2 aromatic heterocycles. The summed E-state index contributed by atoms with van der Waals surface area (Å²) in [6, 6.07) is 16.9. The molecule has 60 heavy (non-hydrogen) atoms. The minimum absolute atomic E-state index is 0.0619. The molecule has 5 atom stereocenters. The number of alkyl carbamates (subject to hydrolysis) is 2. The zero-order valence-corrected chi connectivity index (χ0v) is 34.7. The van der Waals surface area contributed by atoms with Gasteiger partial charge in [0.25, 0.3) is 0 Å². The molecule has 3 aromatic carbocycles. The number of fused-ring (bicyclic) bond motifs is 2. The molecule has 1 aliphatic carbocycles. The zero-order valence-electron chi connectivity index (χ0n) is 34.7. The standard InChI is InChI=1S/C45H54N8O7/c1-26(58-2)38(50-44(56)59-3)42(54)52-20-8-12-36(52)40-46-25-35(49-40)32-17-16-28-22-29(14-15-30(28)23-32)31-18-19-33-34(24-31)48-41(47-33)37-13-9-21-53(37)43(55)39(51-45(57)60-4)27-10-6-5-7-11-27/h14-19,22-27,36-39H,5-13,20-21H2,1-4H3,(H,46,49)(H,47,48)(H,50,56)(H,51,57)/t26-,36+,37+,38+,39+/m1/s1. The molecule has 4 heterocycles. The van der Waals surface area contributed by atoms with Crippen molar-refractivity contribution in [2.45, 2.75) is 95.0 Å². The van der Waals surface area contributed by atoms with Gasteiger partial charge in [0.2, 0.25) is 11.8 Å². The number of hydrogen-bond donors (Lipinski definition) is 4. The number of rotatable bonds is 11. The Kier molecular flexibility index (Phi) is 12.0. The lowest BCUT2D eigenvalue weighted by atomic mass is 9.83. The summed E-state index contributed by atoms with van der Waals surface area (Å²) in [6.45, 7) is 2.90. The van der Waals surface area contributed by atoms with Gasteiger partial charge < -0.3 is 44.6 Å². The van der Waals surface area contributed by atoms with Gasteiger partial charge in [0.05, 0.1) is 55.3 Å². The molecule has 4 N–H and O–H groups in total.